The minimum atomic E-state index is -0.354. The Morgan fingerprint density at radius 1 is 1.14 bits per heavy atom. The largest absolute Gasteiger partial charge is 0.497 e. The number of halogens is 1. The van der Waals surface area contributed by atoms with Crippen molar-refractivity contribution >= 4 is 11.7 Å². The van der Waals surface area contributed by atoms with E-state index in [9.17, 15) is 9.18 Å². The molecule has 2 fully saturated rings. The van der Waals surface area contributed by atoms with Crippen molar-refractivity contribution in [1.82, 2.24) is 5.32 Å². The van der Waals surface area contributed by atoms with Crippen LogP contribution in [0.2, 0.25) is 0 Å². The summed E-state index contributed by atoms with van der Waals surface area (Å²) in [6.07, 6.45) is 5.64. The molecule has 4 rings (SSSR count). The van der Waals surface area contributed by atoms with E-state index >= 15 is 0 Å². The number of piperidine rings is 2. The maximum absolute atomic E-state index is 13.3. The molecule has 2 bridgehead atoms. The van der Waals surface area contributed by atoms with Crippen LogP contribution >= 0.6 is 0 Å². The van der Waals surface area contributed by atoms with Crippen LogP contribution in [0, 0.1) is 5.82 Å². The number of methoxy groups -OCH3 is 1. The molecule has 2 amide bonds. The van der Waals surface area contributed by atoms with Crippen molar-refractivity contribution in [3.8, 4) is 5.75 Å². The minimum Gasteiger partial charge on any atom is -0.497 e. The molecule has 3 N–H and O–H groups in total. The number of hydrogen-bond donors (Lipinski definition) is 3. The maximum atomic E-state index is 13.3. The third-order valence-corrected chi connectivity index (χ3v) is 6.28. The Bertz CT molecular complexity index is 828. The fourth-order valence-electron chi connectivity index (χ4n) is 4.94. The zero-order valence-corrected chi connectivity index (χ0v) is 16.8. The number of rotatable bonds is 5. The molecule has 2 heterocycles. The Balaban J connectivity index is 1.35. The third kappa shape index (κ3) is 4.88. The molecule has 0 radical (unpaired) electrons. The van der Waals surface area contributed by atoms with Crippen LogP contribution in [-0.2, 0) is 6.54 Å². The van der Waals surface area contributed by atoms with Crippen LogP contribution in [0.25, 0.3) is 0 Å². The van der Waals surface area contributed by atoms with Gasteiger partial charge in [0.2, 0.25) is 0 Å². The van der Waals surface area contributed by atoms with Crippen molar-refractivity contribution in [2.75, 3.05) is 12.4 Å². The van der Waals surface area contributed by atoms with Gasteiger partial charge in [0.25, 0.3) is 0 Å². The SMILES string of the molecule is COc1ccc(C[NH+]2[C@@H]3CCC[C@H]2CC(NC(=O)Nc2cccc(F)c2)C3)cc1. The number of fused-ring (bicyclic) bond motifs is 2. The van der Waals surface area contributed by atoms with Crippen LogP contribution in [0.15, 0.2) is 48.5 Å². The van der Waals surface area contributed by atoms with Gasteiger partial charge in [-0.25, -0.2) is 9.18 Å². The summed E-state index contributed by atoms with van der Waals surface area (Å²) < 4.78 is 18.6. The van der Waals surface area contributed by atoms with Crippen LogP contribution in [0.5, 0.6) is 5.75 Å². The van der Waals surface area contributed by atoms with Gasteiger partial charge in [0, 0.05) is 30.1 Å². The lowest BCUT2D eigenvalue weighted by molar-refractivity contribution is -0.973. The Hall–Kier alpha value is -2.60. The summed E-state index contributed by atoms with van der Waals surface area (Å²) in [6.45, 7) is 1.02. The molecule has 2 aliphatic heterocycles. The lowest BCUT2D eigenvalue weighted by Crippen LogP contribution is -3.20. The van der Waals surface area contributed by atoms with E-state index in [2.05, 4.69) is 22.8 Å². The molecule has 2 unspecified atom stereocenters. The highest BCUT2D eigenvalue weighted by molar-refractivity contribution is 5.89. The van der Waals surface area contributed by atoms with E-state index in [0.29, 0.717) is 17.8 Å². The number of amides is 2. The molecule has 2 aromatic carbocycles. The number of hydrogen-bond acceptors (Lipinski definition) is 2. The molecule has 2 aliphatic rings. The summed E-state index contributed by atoms with van der Waals surface area (Å²) in [4.78, 5) is 14.0. The fraction of sp³-hybridized carbons (Fsp3) is 0.435. The van der Waals surface area contributed by atoms with Crippen molar-refractivity contribution in [3.63, 3.8) is 0 Å². The molecule has 6 heteroatoms. The number of quaternary nitrogens is 1. The average molecular weight is 399 g/mol. The van der Waals surface area contributed by atoms with Gasteiger partial charge in [0.05, 0.1) is 19.2 Å². The number of anilines is 1. The fourth-order valence-corrected chi connectivity index (χ4v) is 4.94. The van der Waals surface area contributed by atoms with Gasteiger partial charge in [-0.2, -0.15) is 0 Å². The Labute approximate surface area is 171 Å². The Morgan fingerprint density at radius 2 is 1.86 bits per heavy atom. The van der Waals surface area contributed by atoms with Crippen molar-refractivity contribution in [2.24, 2.45) is 0 Å². The zero-order valence-electron chi connectivity index (χ0n) is 16.8. The molecule has 29 heavy (non-hydrogen) atoms. The van der Waals surface area contributed by atoms with E-state index in [1.165, 1.54) is 37.0 Å². The number of nitrogens with one attached hydrogen (secondary N) is 3. The standard InChI is InChI=1S/C23H28FN3O2/c1-29-22-10-8-16(9-11-22)15-27-20-6-3-7-21(27)14-19(13-20)26-23(28)25-18-5-2-4-17(24)12-18/h2,4-5,8-12,19-21H,3,6-7,13-15H2,1H3,(H2,25,26,28)/p+1/t19?,20-,21+. The lowest BCUT2D eigenvalue weighted by Gasteiger charge is -2.46. The van der Waals surface area contributed by atoms with E-state index in [-0.39, 0.29) is 17.9 Å². The molecule has 4 atom stereocenters. The highest BCUT2D eigenvalue weighted by atomic mass is 19.1. The molecule has 0 spiro atoms. The van der Waals surface area contributed by atoms with Crippen LogP contribution in [0.1, 0.15) is 37.7 Å². The number of benzene rings is 2. The number of carbonyl (C=O) groups excluding carboxylic acids is 1. The first-order valence-corrected chi connectivity index (χ1v) is 10.4. The Kier molecular flexibility index (Phi) is 6.00. The van der Waals surface area contributed by atoms with Crippen LogP contribution in [0.4, 0.5) is 14.9 Å². The van der Waals surface area contributed by atoms with Crippen molar-refractivity contribution in [1.29, 1.82) is 0 Å². The molecule has 5 nitrogen and oxygen atoms in total. The lowest BCUT2D eigenvalue weighted by atomic mass is 9.81. The number of ether oxygens (including phenoxy) is 1. The monoisotopic (exact) mass is 398 g/mol. The van der Waals surface area contributed by atoms with Crippen LogP contribution in [-0.4, -0.2) is 31.3 Å². The zero-order chi connectivity index (χ0) is 20.2. The van der Waals surface area contributed by atoms with Gasteiger partial charge in [0.1, 0.15) is 18.1 Å². The summed E-state index contributed by atoms with van der Waals surface area (Å²) >= 11 is 0. The normalized spacial score (nSPS) is 25.9. The van der Waals surface area contributed by atoms with E-state index in [1.54, 1.807) is 24.1 Å². The quantitative estimate of drug-likeness (QED) is 0.725. The second-order valence-electron chi connectivity index (χ2n) is 8.20. The molecule has 154 valence electrons. The van der Waals surface area contributed by atoms with Crippen molar-refractivity contribution in [3.05, 3.63) is 59.9 Å². The highest BCUT2D eigenvalue weighted by Gasteiger charge is 2.42. The van der Waals surface area contributed by atoms with Crippen LogP contribution < -0.4 is 20.3 Å². The highest BCUT2D eigenvalue weighted by Crippen LogP contribution is 2.23. The van der Waals surface area contributed by atoms with Gasteiger partial charge in [-0.15, -0.1) is 0 Å². The van der Waals surface area contributed by atoms with Gasteiger partial charge in [-0.05, 0) is 61.7 Å². The maximum Gasteiger partial charge on any atom is 0.319 e. The van der Waals surface area contributed by atoms with Gasteiger partial charge in [0.15, 0.2) is 0 Å². The molecular weight excluding hydrogens is 369 g/mol. The second-order valence-corrected chi connectivity index (χ2v) is 8.20. The molecule has 2 saturated heterocycles. The van der Waals surface area contributed by atoms with E-state index < -0.39 is 0 Å². The molecule has 2 aromatic rings. The molecular formula is C23H29FN3O2+. The number of carbonyl (C=O) groups is 1. The van der Waals surface area contributed by atoms with Crippen LogP contribution in [0.3, 0.4) is 0 Å². The van der Waals surface area contributed by atoms with E-state index in [1.807, 2.05) is 12.1 Å². The van der Waals surface area contributed by atoms with Crippen molar-refractivity contribution < 1.29 is 18.8 Å². The average Bonchev–Trinajstić information content (AvgIpc) is 2.69. The van der Waals surface area contributed by atoms with Gasteiger partial charge < -0.3 is 20.3 Å². The predicted octanol–water partition coefficient (Wildman–Crippen LogP) is 3.12. The summed E-state index contributed by atoms with van der Waals surface area (Å²) in [5, 5.41) is 5.86. The summed E-state index contributed by atoms with van der Waals surface area (Å²) in [7, 11) is 1.69. The predicted molar refractivity (Wildman–Crippen MR) is 111 cm³/mol. The van der Waals surface area contributed by atoms with Gasteiger partial charge in [-0.3, -0.25) is 0 Å². The van der Waals surface area contributed by atoms with Crippen molar-refractivity contribution in [2.45, 2.75) is 56.8 Å². The molecule has 0 aliphatic carbocycles. The van der Waals surface area contributed by atoms with Gasteiger partial charge in [-0.1, -0.05) is 6.07 Å². The summed E-state index contributed by atoms with van der Waals surface area (Å²) in [6, 6.07) is 15.4. The first-order chi connectivity index (χ1) is 14.1. The van der Waals surface area contributed by atoms with E-state index in [0.717, 1.165) is 25.1 Å². The third-order valence-electron chi connectivity index (χ3n) is 6.28. The summed E-state index contributed by atoms with van der Waals surface area (Å²) in [5.41, 5.74) is 1.80. The smallest absolute Gasteiger partial charge is 0.319 e. The number of urea groups is 1. The Morgan fingerprint density at radius 3 is 2.52 bits per heavy atom. The van der Waals surface area contributed by atoms with E-state index in [4.69, 9.17) is 4.74 Å². The first kappa shape index (κ1) is 19.7. The molecule has 0 saturated carbocycles. The second kappa shape index (κ2) is 8.82. The minimum absolute atomic E-state index is 0.165. The molecule has 0 aromatic heterocycles. The summed E-state index contributed by atoms with van der Waals surface area (Å²) in [5.74, 6) is 0.531. The van der Waals surface area contributed by atoms with Gasteiger partial charge >= 0.3 is 6.03 Å². The first-order valence-electron chi connectivity index (χ1n) is 10.4. The topological polar surface area (TPSA) is 54.8 Å².